The van der Waals surface area contributed by atoms with Gasteiger partial charge < -0.3 is 24.1 Å². The van der Waals surface area contributed by atoms with Crippen LogP contribution in [0.15, 0.2) is 30.3 Å². The molecule has 0 amide bonds. The Balaban J connectivity index is 2.03. The van der Waals surface area contributed by atoms with E-state index in [-0.39, 0.29) is 18.3 Å². The summed E-state index contributed by atoms with van der Waals surface area (Å²) in [5.74, 6) is 0. The van der Waals surface area contributed by atoms with Gasteiger partial charge in [0.1, 0.15) is 18.3 Å². The highest BCUT2D eigenvalue weighted by molar-refractivity contribution is 5.13. The molecule has 1 N–H and O–H groups in total. The van der Waals surface area contributed by atoms with Crippen LogP contribution in [0, 0.1) is 0 Å². The molecule has 1 aliphatic heterocycles. The third kappa shape index (κ3) is 3.37. The first-order chi connectivity index (χ1) is 9.67. The number of benzene rings is 1. The minimum atomic E-state index is -1.00. The van der Waals surface area contributed by atoms with Gasteiger partial charge in [-0.2, -0.15) is 0 Å². The summed E-state index contributed by atoms with van der Waals surface area (Å²) in [7, 11) is 3.10. The molecule has 1 fully saturated rings. The second-order valence-corrected chi connectivity index (χ2v) is 4.89. The predicted molar refractivity (Wildman–Crippen MR) is 73.2 cm³/mol. The topological polar surface area (TPSA) is 57.2 Å². The second kappa shape index (κ2) is 7.15. The molecule has 0 bridgehead atoms. The summed E-state index contributed by atoms with van der Waals surface area (Å²) in [6.07, 6.45) is -2.51. The molecule has 20 heavy (non-hydrogen) atoms. The molecule has 0 radical (unpaired) electrons. The Bertz CT molecular complexity index is 397. The highest BCUT2D eigenvalue weighted by Crippen LogP contribution is 2.26. The average Bonchev–Trinajstić information content (AvgIpc) is 2.46. The molecule has 2 rings (SSSR count). The number of aliphatic hydroxyl groups is 1. The summed E-state index contributed by atoms with van der Waals surface area (Å²) in [4.78, 5) is 0. The fourth-order valence-electron chi connectivity index (χ4n) is 2.51. The molecule has 5 atom stereocenters. The largest absolute Gasteiger partial charge is 0.376 e. The fraction of sp³-hybridized carbons (Fsp3) is 0.600. The van der Waals surface area contributed by atoms with Crippen LogP contribution in [0.5, 0.6) is 0 Å². The number of hydrogen-bond acceptors (Lipinski definition) is 5. The van der Waals surface area contributed by atoms with Crippen LogP contribution < -0.4 is 0 Å². The lowest BCUT2D eigenvalue weighted by Crippen LogP contribution is -2.58. The molecular weight excluding hydrogens is 260 g/mol. The highest BCUT2D eigenvalue weighted by atomic mass is 16.7. The van der Waals surface area contributed by atoms with Crippen molar-refractivity contribution < 1.29 is 24.1 Å². The quantitative estimate of drug-likeness (QED) is 0.883. The molecule has 1 aliphatic rings. The first kappa shape index (κ1) is 15.4. The third-order valence-electron chi connectivity index (χ3n) is 3.57. The van der Waals surface area contributed by atoms with Gasteiger partial charge in [-0.05, 0) is 12.5 Å². The standard InChI is InChI=1S/C15H22O5/c1-10-12(19-9-11-7-5-4-6-8-11)13(17-2)14(18-3)15(16)20-10/h4-8,10,12-16H,9H2,1-3H3/t10-,12+,13+,14+,15-/m1/s1. The first-order valence-electron chi connectivity index (χ1n) is 6.72. The number of aliphatic hydroxyl groups excluding tert-OH is 1. The zero-order valence-electron chi connectivity index (χ0n) is 12.1. The molecule has 0 aliphatic carbocycles. The maximum absolute atomic E-state index is 9.86. The monoisotopic (exact) mass is 282 g/mol. The molecule has 1 saturated heterocycles. The van der Waals surface area contributed by atoms with Gasteiger partial charge in [0.25, 0.3) is 0 Å². The molecular formula is C15H22O5. The van der Waals surface area contributed by atoms with Crippen LogP contribution in [-0.4, -0.2) is 50.0 Å². The summed E-state index contributed by atoms with van der Waals surface area (Å²) in [5, 5.41) is 9.86. The fourth-order valence-corrected chi connectivity index (χ4v) is 2.51. The average molecular weight is 282 g/mol. The molecule has 0 unspecified atom stereocenters. The molecule has 0 aromatic heterocycles. The minimum Gasteiger partial charge on any atom is -0.376 e. The van der Waals surface area contributed by atoms with E-state index in [4.69, 9.17) is 18.9 Å². The van der Waals surface area contributed by atoms with Crippen molar-refractivity contribution in [3.63, 3.8) is 0 Å². The summed E-state index contributed by atoms with van der Waals surface area (Å²) in [5.41, 5.74) is 1.08. The van der Waals surface area contributed by atoms with E-state index in [1.165, 1.54) is 7.11 Å². The summed E-state index contributed by atoms with van der Waals surface area (Å²) < 4.78 is 22.1. The van der Waals surface area contributed by atoms with Crippen LogP contribution in [-0.2, 0) is 25.6 Å². The van der Waals surface area contributed by atoms with Crippen molar-refractivity contribution in [2.45, 2.75) is 44.2 Å². The van der Waals surface area contributed by atoms with Gasteiger partial charge in [0, 0.05) is 14.2 Å². The molecule has 5 nitrogen and oxygen atoms in total. The van der Waals surface area contributed by atoms with Crippen molar-refractivity contribution in [1.29, 1.82) is 0 Å². The van der Waals surface area contributed by atoms with Crippen LogP contribution in [0.4, 0.5) is 0 Å². The zero-order valence-corrected chi connectivity index (χ0v) is 12.1. The molecule has 1 heterocycles. The SMILES string of the molecule is CO[C@H]1[C@@H](OCc2ccccc2)[C@@H](C)O[C@@H](O)[C@H]1OC. The van der Waals surface area contributed by atoms with Crippen molar-refractivity contribution in [3.8, 4) is 0 Å². The third-order valence-corrected chi connectivity index (χ3v) is 3.57. The Hall–Kier alpha value is -0.980. The molecule has 112 valence electrons. The van der Waals surface area contributed by atoms with Crippen LogP contribution in [0.1, 0.15) is 12.5 Å². The Kier molecular flexibility index (Phi) is 5.51. The van der Waals surface area contributed by atoms with Gasteiger partial charge in [-0.15, -0.1) is 0 Å². The van der Waals surface area contributed by atoms with Crippen molar-refractivity contribution >= 4 is 0 Å². The summed E-state index contributed by atoms with van der Waals surface area (Å²) >= 11 is 0. The number of ether oxygens (including phenoxy) is 4. The molecule has 0 spiro atoms. The maximum Gasteiger partial charge on any atom is 0.184 e. The normalized spacial score (nSPS) is 34.1. The van der Waals surface area contributed by atoms with E-state index >= 15 is 0 Å². The molecule has 1 aromatic carbocycles. The zero-order chi connectivity index (χ0) is 14.5. The first-order valence-corrected chi connectivity index (χ1v) is 6.72. The lowest BCUT2D eigenvalue weighted by molar-refractivity contribution is -0.296. The van der Waals surface area contributed by atoms with E-state index in [0.29, 0.717) is 6.61 Å². The van der Waals surface area contributed by atoms with Crippen LogP contribution in [0.25, 0.3) is 0 Å². The Morgan fingerprint density at radius 2 is 1.70 bits per heavy atom. The molecule has 5 heteroatoms. The van der Waals surface area contributed by atoms with Crippen molar-refractivity contribution in [3.05, 3.63) is 35.9 Å². The van der Waals surface area contributed by atoms with Gasteiger partial charge >= 0.3 is 0 Å². The predicted octanol–water partition coefficient (Wildman–Crippen LogP) is 1.34. The van der Waals surface area contributed by atoms with Crippen molar-refractivity contribution in [2.75, 3.05) is 14.2 Å². The Morgan fingerprint density at radius 3 is 2.30 bits per heavy atom. The van der Waals surface area contributed by atoms with E-state index in [1.54, 1.807) is 7.11 Å². The van der Waals surface area contributed by atoms with Gasteiger partial charge in [0.15, 0.2) is 6.29 Å². The Labute approximate surface area is 119 Å². The van der Waals surface area contributed by atoms with Gasteiger partial charge in [-0.25, -0.2) is 0 Å². The van der Waals surface area contributed by atoms with Crippen molar-refractivity contribution in [1.82, 2.24) is 0 Å². The van der Waals surface area contributed by atoms with Crippen molar-refractivity contribution in [2.24, 2.45) is 0 Å². The molecule has 1 aromatic rings. The van der Waals surface area contributed by atoms with Crippen LogP contribution >= 0.6 is 0 Å². The highest BCUT2D eigenvalue weighted by Gasteiger charge is 2.45. The summed E-state index contributed by atoms with van der Waals surface area (Å²) in [6.45, 7) is 2.32. The number of hydrogen-bond donors (Lipinski definition) is 1. The number of rotatable bonds is 5. The van der Waals surface area contributed by atoms with E-state index in [9.17, 15) is 5.11 Å². The van der Waals surface area contributed by atoms with Crippen LogP contribution in [0.3, 0.4) is 0 Å². The lowest BCUT2D eigenvalue weighted by Gasteiger charge is -2.42. The van der Waals surface area contributed by atoms with Gasteiger partial charge in [-0.1, -0.05) is 30.3 Å². The van der Waals surface area contributed by atoms with Gasteiger partial charge in [0.05, 0.1) is 12.7 Å². The summed E-state index contributed by atoms with van der Waals surface area (Å²) in [6, 6.07) is 9.90. The smallest absolute Gasteiger partial charge is 0.184 e. The Morgan fingerprint density at radius 1 is 1.05 bits per heavy atom. The minimum absolute atomic E-state index is 0.273. The van der Waals surface area contributed by atoms with E-state index < -0.39 is 12.4 Å². The van der Waals surface area contributed by atoms with E-state index in [0.717, 1.165) is 5.56 Å². The van der Waals surface area contributed by atoms with Gasteiger partial charge in [-0.3, -0.25) is 0 Å². The van der Waals surface area contributed by atoms with Gasteiger partial charge in [0.2, 0.25) is 0 Å². The maximum atomic E-state index is 9.86. The lowest BCUT2D eigenvalue weighted by atomic mass is 9.99. The number of methoxy groups -OCH3 is 2. The van der Waals surface area contributed by atoms with Crippen LogP contribution in [0.2, 0.25) is 0 Å². The van der Waals surface area contributed by atoms with E-state index in [2.05, 4.69) is 0 Å². The second-order valence-electron chi connectivity index (χ2n) is 4.89. The molecule has 0 saturated carbocycles. The van der Waals surface area contributed by atoms with E-state index in [1.807, 2.05) is 37.3 Å².